The van der Waals surface area contributed by atoms with Gasteiger partial charge < -0.3 is 9.84 Å². The zero-order valence-electron chi connectivity index (χ0n) is 12.5. The summed E-state index contributed by atoms with van der Waals surface area (Å²) in [7, 11) is 0. The second-order valence-corrected chi connectivity index (χ2v) is 5.54. The Balaban J connectivity index is 1.70. The molecule has 4 rings (SSSR count). The van der Waals surface area contributed by atoms with E-state index in [0.717, 1.165) is 28.1 Å². The molecule has 0 saturated heterocycles. The highest BCUT2D eigenvalue weighted by Crippen LogP contribution is 2.44. The van der Waals surface area contributed by atoms with E-state index >= 15 is 0 Å². The molecule has 1 aliphatic rings. The molecule has 0 unspecified atom stereocenters. The highest BCUT2D eigenvalue weighted by molar-refractivity contribution is 5.67. The number of aliphatic hydroxyl groups is 1. The van der Waals surface area contributed by atoms with Crippen molar-refractivity contribution in [3.63, 3.8) is 0 Å². The quantitative estimate of drug-likeness (QED) is 0.805. The summed E-state index contributed by atoms with van der Waals surface area (Å²) < 4.78 is 6.05. The highest BCUT2D eigenvalue weighted by atomic mass is 16.5. The molecule has 0 amide bonds. The molecule has 0 aliphatic heterocycles. The van der Waals surface area contributed by atoms with Crippen LogP contribution in [0.15, 0.2) is 67.0 Å². The number of benzene rings is 1. The van der Waals surface area contributed by atoms with Gasteiger partial charge in [0.1, 0.15) is 12.2 Å². The molecular formula is C19H16N2O2. The molecule has 0 radical (unpaired) electrons. The van der Waals surface area contributed by atoms with Crippen molar-refractivity contribution in [3.8, 4) is 11.4 Å². The van der Waals surface area contributed by atoms with Crippen LogP contribution < -0.4 is 0 Å². The molecular weight excluding hydrogens is 288 g/mol. The molecule has 2 aromatic heterocycles. The fourth-order valence-corrected chi connectivity index (χ4v) is 2.97. The average Bonchev–Trinajstić information content (AvgIpc) is 2.63. The lowest BCUT2D eigenvalue weighted by atomic mass is 9.88. The van der Waals surface area contributed by atoms with Crippen LogP contribution in [0, 0.1) is 0 Å². The maximum absolute atomic E-state index is 10.8. The van der Waals surface area contributed by atoms with Gasteiger partial charge in [0.15, 0.2) is 0 Å². The first-order valence-corrected chi connectivity index (χ1v) is 7.58. The van der Waals surface area contributed by atoms with E-state index in [4.69, 9.17) is 4.74 Å². The first-order chi connectivity index (χ1) is 11.3. The van der Waals surface area contributed by atoms with Gasteiger partial charge in [0.2, 0.25) is 0 Å². The Labute approximate surface area is 134 Å². The van der Waals surface area contributed by atoms with E-state index in [1.807, 2.05) is 54.6 Å². The summed E-state index contributed by atoms with van der Waals surface area (Å²) in [6.45, 7) is 0.437. The van der Waals surface area contributed by atoms with Crippen LogP contribution in [-0.4, -0.2) is 15.1 Å². The van der Waals surface area contributed by atoms with Crippen molar-refractivity contribution in [2.45, 2.75) is 18.8 Å². The number of nitrogens with zero attached hydrogens (tertiary/aromatic N) is 2. The summed E-state index contributed by atoms with van der Waals surface area (Å²) in [6, 6.07) is 17.4. The number of hydrogen-bond donors (Lipinski definition) is 1. The molecule has 2 atom stereocenters. The Morgan fingerprint density at radius 2 is 1.48 bits per heavy atom. The Hall–Kier alpha value is -2.56. The summed E-state index contributed by atoms with van der Waals surface area (Å²) in [5, 5.41) is 10.8. The molecule has 4 nitrogen and oxygen atoms in total. The largest absolute Gasteiger partial charge is 0.385 e. The normalized spacial score (nSPS) is 19.0. The summed E-state index contributed by atoms with van der Waals surface area (Å²) in [4.78, 5) is 8.83. The lowest BCUT2D eigenvalue weighted by Gasteiger charge is -2.30. The van der Waals surface area contributed by atoms with Crippen LogP contribution in [0.4, 0.5) is 0 Å². The molecule has 114 valence electrons. The summed E-state index contributed by atoms with van der Waals surface area (Å²) >= 11 is 0. The van der Waals surface area contributed by atoms with Crippen LogP contribution in [0.2, 0.25) is 0 Å². The van der Waals surface area contributed by atoms with Gasteiger partial charge in [0, 0.05) is 23.5 Å². The van der Waals surface area contributed by atoms with Crippen molar-refractivity contribution in [3.05, 3.63) is 83.7 Å². The van der Waals surface area contributed by atoms with Gasteiger partial charge >= 0.3 is 0 Å². The number of aromatic nitrogens is 2. The van der Waals surface area contributed by atoms with E-state index in [0.29, 0.717) is 6.61 Å². The minimum atomic E-state index is -0.751. The van der Waals surface area contributed by atoms with Crippen LogP contribution in [0.1, 0.15) is 28.9 Å². The molecule has 0 bridgehead atoms. The molecule has 1 aliphatic carbocycles. The topological polar surface area (TPSA) is 55.2 Å². The molecule has 0 spiro atoms. The fourth-order valence-electron chi connectivity index (χ4n) is 2.97. The van der Waals surface area contributed by atoms with Gasteiger partial charge in [0.25, 0.3) is 0 Å². The number of fused-ring (bicyclic) bond motifs is 3. The Bertz CT molecular complexity index is 820. The third kappa shape index (κ3) is 2.52. The maximum atomic E-state index is 10.8. The lowest BCUT2D eigenvalue weighted by molar-refractivity contribution is -0.0512. The zero-order chi connectivity index (χ0) is 15.6. The van der Waals surface area contributed by atoms with Gasteiger partial charge in [0.05, 0.1) is 18.0 Å². The third-order valence-corrected chi connectivity index (χ3v) is 4.09. The second-order valence-electron chi connectivity index (χ2n) is 5.54. The van der Waals surface area contributed by atoms with Gasteiger partial charge in [-0.3, -0.25) is 9.97 Å². The average molecular weight is 304 g/mol. The van der Waals surface area contributed by atoms with Crippen molar-refractivity contribution in [2.24, 2.45) is 0 Å². The van der Waals surface area contributed by atoms with E-state index in [1.54, 1.807) is 12.4 Å². The second kappa shape index (κ2) is 5.91. The fraction of sp³-hybridized carbons (Fsp3) is 0.158. The Kier molecular flexibility index (Phi) is 3.61. The number of ether oxygens (including phenoxy) is 1. The predicted molar refractivity (Wildman–Crippen MR) is 86.4 cm³/mol. The van der Waals surface area contributed by atoms with Crippen molar-refractivity contribution in [2.75, 3.05) is 0 Å². The number of aliphatic hydroxyl groups excluding tert-OH is 1. The molecule has 0 saturated carbocycles. The van der Waals surface area contributed by atoms with Gasteiger partial charge in [-0.1, -0.05) is 42.5 Å². The van der Waals surface area contributed by atoms with Gasteiger partial charge in [-0.05, 0) is 17.7 Å². The first-order valence-electron chi connectivity index (χ1n) is 7.58. The van der Waals surface area contributed by atoms with Crippen LogP contribution >= 0.6 is 0 Å². The van der Waals surface area contributed by atoms with Crippen molar-refractivity contribution in [1.82, 2.24) is 9.97 Å². The molecule has 1 aromatic carbocycles. The van der Waals surface area contributed by atoms with Gasteiger partial charge in [-0.25, -0.2) is 0 Å². The summed E-state index contributed by atoms with van der Waals surface area (Å²) in [5.41, 5.74) is 4.22. The molecule has 1 N–H and O–H groups in total. The van der Waals surface area contributed by atoms with Crippen LogP contribution in [0.5, 0.6) is 0 Å². The minimum Gasteiger partial charge on any atom is -0.385 e. The van der Waals surface area contributed by atoms with Crippen LogP contribution in [-0.2, 0) is 11.3 Å². The molecule has 2 heterocycles. The molecule has 0 fully saturated rings. The minimum absolute atomic E-state index is 0.437. The maximum Gasteiger partial charge on any atom is 0.115 e. The molecule has 4 heteroatoms. The molecule has 3 aromatic rings. The van der Waals surface area contributed by atoms with Gasteiger partial charge in [-0.2, -0.15) is 0 Å². The number of rotatable bonds is 3. The van der Waals surface area contributed by atoms with E-state index in [9.17, 15) is 5.11 Å². The summed E-state index contributed by atoms with van der Waals surface area (Å²) in [6.07, 6.45) is 2.26. The van der Waals surface area contributed by atoms with E-state index in [1.165, 1.54) is 0 Å². The van der Waals surface area contributed by atoms with E-state index in [-0.39, 0.29) is 0 Å². The SMILES string of the molecule is O[C@H]1c2cccnc2-c2ncccc2[C@@H]1OCc1ccccc1. The zero-order valence-corrected chi connectivity index (χ0v) is 12.5. The molecule has 23 heavy (non-hydrogen) atoms. The van der Waals surface area contributed by atoms with Crippen molar-refractivity contribution >= 4 is 0 Å². The van der Waals surface area contributed by atoms with Crippen LogP contribution in [0.3, 0.4) is 0 Å². The Morgan fingerprint density at radius 3 is 2.22 bits per heavy atom. The predicted octanol–water partition coefficient (Wildman–Crippen LogP) is 3.45. The van der Waals surface area contributed by atoms with Crippen molar-refractivity contribution in [1.29, 1.82) is 0 Å². The number of hydrogen-bond acceptors (Lipinski definition) is 4. The van der Waals surface area contributed by atoms with Crippen LogP contribution in [0.25, 0.3) is 11.4 Å². The van der Waals surface area contributed by atoms with Gasteiger partial charge in [-0.15, -0.1) is 0 Å². The smallest absolute Gasteiger partial charge is 0.115 e. The lowest BCUT2D eigenvalue weighted by Crippen LogP contribution is -2.21. The first kappa shape index (κ1) is 14.1. The number of pyridine rings is 2. The highest BCUT2D eigenvalue weighted by Gasteiger charge is 2.34. The van der Waals surface area contributed by atoms with E-state index in [2.05, 4.69) is 9.97 Å². The standard InChI is InChI=1S/C19H16N2O2/c22-18-14-8-4-10-20-16(14)17-15(9-5-11-21-17)19(18)23-12-13-6-2-1-3-7-13/h1-11,18-19,22H,12H2/t18-,19-/m0/s1. The van der Waals surface area contributed by atoms with Crippen molar-refractivity contribution < 1.29 is 9.84 Å². The monoisotopic (exact) mass is 304 g/mol. The summed E-state index contributed by atoms with van der Waals surface area (Å²) in [5.74, 6) is 0. The third-order valence-electron chi connectivity index (χ3n) is 4.09. The Morgan fingerprint density at radius 1 is 0.826 bits per heavy atom. The van der Waals surface area contributed by atoms with E-state index < -0.39 is 12.2 Å².